The van der Waals surface area contributed by atoms with Crippen molar-refractivity contribution < 1.29 is 0 Å². The number of nitrogens with two attached hydrogens (primary N) is 1. The van der Waals surface area contributed by atoms with Gasteiger partial charge in [0.25, 0.3) is 0 Å². The molecule has 0 spiro atoms. The summed E-state index contributed by atoms with van der Waals surface area (Å²) in [6.45, 7) is 7.94. The van der Waals surface area contributed by atoms with Crippen molar-refractivity contribution in [2.24, 2.45) is 0 Å². The van der Waals surface area contributed by atoms with E-state index in [9.17, 15) is 0 Å². The predicted octanol–water partition coefficient (Wildman–Crippen LogP) is 1.74. The van der Waals surface area contributed by atoms with E-state index in [0.29, 0.717) is 17.2 Å². The Balaban J connectivity index is 3.19. The molecule has 15 heavy (non-hydrogen) atoms. The van der Waals surface area contributed by atoms with Gasteiger partial charge in [-0.1, -0.05) is 0 Å². The van der Waals surface area contributed by atoms with E-state index in [1.807, 2.05) is 33.8 Å². The van der Waals surface area contributed by atoms with Crippen LogP contribution in [0.4, 0.5) is 11.5 Å². The molecule has 0 unspecified atom stereocenters. The molecule has 0 aliphatic carbocycles. The van der Waals surface area contributed by atoms with E-state index in [0.717, 1.165) is 0 Å². The maximum atomic E-state index is 8.93. The molecule has 3 N–H and O–H groups in total. The summed E-state index contributed by atoms with van der Waals surface area (Å²) in [5, 5.41) is 16.2. The summed E-state index contributed by atoms with van der Waals surface area (Å²) in [5.74, 6) is 0.523. The zero-order valence-corrected chi connectivity index (χ0v) is 9.57. The maximum absolute atomic E-state index is 8.93. The first-order valence-corrected chi connectivity index (χ1v) is 5.02. The standard InChI is InChI=1S/C10H17N5/c1-6(2)13-9-8(5-11)14-15(7(3)4)10(9)12/h6-7,13H,12H2,1-4H3. The second-order valence-electron chi connectivity index (χ2n) is 4.06. The van der Waals surface area contributed by atoms with Crippen LogP contribution in [0.3, 0.4) is 0 Å². The van der Waals surface area contributed by atoms with Gasteiger partial charge in [-0.05, 0) is 27.7 Å². The lowest BCUT2D eigenvalue weighted by Crippen LogP contribution is -2.12. The van der Waals surface area contributed by atoms with Crippen LogP contribution in [0.2, 0.25) is 0 Å². The Bertz CT molecular complexity index is 383. The van der Waals surface area contributed by atoms with Crippen molar-refractivity contribution in [2.75, 3.05) is 11.1 Å². The van der Waals surface area contributed by atoms with Gasteiger partial charge in [0.15, 0.2) is 5.69 Å². The summed E-state index contributed by atoms with van der Waals surface area (Å²) >= 11 is 0. The summed E-state index contributed by atoms with van der Waals surface area (Å²) in [6.07, 6.45) is 0. The van der Waals surface area contributed by atoms with Crippen LogP contribution in [0, 0.1) is 11.3 Å². The first-order chi connectivity index (χ1) is 6.97. The third kappa shape index (κ3) is 2.21. The molecule has 0 aliphatic heterocycles. The Kier molecular flexibility index (Phi) is 3.20. The number of nitrogens with zero attached hydrogens (tertiary/aromatic N) is 3. The molecule has 82 valence electrons. The minimum atomic E-state index is 0.153. The van der Waals surface area contributed by atoms with Gasteiger partial charge >= 0.3 is 0 Å². The van der Waals surface area contributed by atoms with Gasteiger partial charge in [-0.2, -0.15) is 10.4 Å². The topological polar surface area (TPSA) is 79.7 Å². The van der Waals surface area contributed by atoms with Crippen LogP contribution < -0.4 is 11.1 Å². The predicted molar refractivity (Wildman–Crippen MR) is 60.5 cm³/mol. The van der Waals surface area contributed by atoms with E-state index in [4.69, 9.17) is 11.0 Å². The molecule has 0 aliphatic rings. The van der Waals surface area contributed by atoms with Crippen LogP contribution in [0.15, 0.2) is 0 Å². The lowest BCUT2D eigenvalue weighted by atomic mass is 10.3. The molecule has 0 atom stereocenters. The van der Waals surface area contributed by atoms with Crippen LogP contribution in [0.5, 0.6) is 0 Å². The molecular formula is C10H17N5. The molecule has 1 rings (SSSR count). The van der Waals surface area contributed by atoms with Gasteiger partial charge in [-0.3, -0.25) is 0 Å². The number of rotatable bonds is 3. The van der Waals surface area contributed by atoms with Crippen LogP contribution >= 0.6 is 0 Å². The van der Waals surface area contributed by atoms with E-state index in [-0.39, 0.29) is 12.1 Å². The van der Waals surface area contributed by atoms with Crippen molar-refractivity contribution in [1.82, 2.24) is 9.78 Å². The lowest BCUT2D eigenvalue weighted by Gasteiger charge is -2.11. The first kappa shape index (κ1) is 11.4. The molecule has 0 fully saturated rings. The first-order valence-electron chi connectivity index (χ1n) is 5.02. The largest absolute Gasteiger partial charge is 0.382 e. The maximum Gasteiger partial charge on any atom is 0.187 e. The molecular weight excluding hydrogens is 190 g/mol. The highest BCUT2D eigenvalue weighted by molar-refractivity contribution is 5.69. The number of anilines is 2. The van der Waals surface area contributed by atoms with Crippen molar-refractivity contribution in [3.8, 4) is 6.07 Å². The Morgan fingerprint density at radius 3 is 2.40 bits per heavy atom. The highest BCUT2D eigenvalue weighted by atomic mass is 15.3. The number of aromatic nitrogens is 2. The quantitative estimate of drug-likeness (QED) is 0.791. The molecule has 1 aromatic rings. The SMILES string of the molecule is CC(C)Nc1c(C#N)nn(C(C)C)c1N. The minimum absolute atomic E-state index is 0.153. The summed E-state index contributed by atoms with van der Waals surface area (Å²) in [5.41, 5.74) is 6.91. The van der Waals surface area contributed by atoms with Gasteiger partial charge in [0.05, 0.1) is 0 Å². The van der Waals surface area contributed by atoms with Crippen LogP contribution in [0.25, 0.3) is 0 Å². The molecule has 0 saturated carbocycles. The smallest absolute Gasteiger partial charge is 0.187 e. The Morgan fingerprint density at radius 2 is 2.00 bits per heavy atom. The second kappa shape index (κ2) is 4.22. The molecule has 0 aromatic carbocycles. The molecule has 0 saturated heterocycles. The molecule has 0 amide bonds. The third-order valence-corrected chi connectivity index (χ3v) is 1.98. The number of hydrogen-bond acceptors (Lipinski definition) is 4. The zero-order chi connectivity index (χ0) is 11.6. The molecule has 0 radical (unpaired) electrons. The highest BCUT2D eigenvalue weighted by Gasteiger charge is 2.17. The molecule has 0 bridgehead atoms. The number of nitrogen functional groups attached to an aromatic ring is 1. The van der Waals surface area contributed by atoms with E-state index in [1.54, 1.807) is 4.68 Å². The van der Waals surface area contributed by atoms with E-state index in [2.05, 4.69) is 10.4 Å². The van der Waals surface area contributed by atoms with Crippen molar-refractivity contribution in [3.05, 3.63) is 5.69 Å². The van der Waals surface area contributed by atoms with Crippen molar-refractivity contribution in [1.29, 1.82) is 5.26 Å². The minimum Gasteiger partial charge on any atom is -0.382 e. The van der Waals surface area contributed by atoms with Gasteiger partial charge in [0.1, 0.15) is 17.6 Å². The molecule has 5 heteroatoms. The van der Waals surface area contributed by atoms with Crippen LogP contribution in [0.1, 0.15) is 39.4 Å². The molecule has 1 aromatic heterocycles. The Hall–Kier alpha value is -1.70. The second-order valence-corrected chi connectivity index (χ2v) is 4.06. The highest BCUT2D eigenvalue weighted by Crippen LogP contribution is 2.26. The van der Waals surface area contributed by atoms with E-state index >= 15 is 0 Å². The van der Waals surface area contributed by atoms with Gasteiger partial charge < -0.3 is 11.1 Å². The third-order valence-electron chi connectivity index (χ3n) is 1.98. The number of hydrogen-bond donors (Lipinski definition) is 2. The Labute approximate surface area is 89.9 Å². The lowest BCUT2D eigenvalue weighted by molar-refractivity contribution is 0.539. The van der Waals surface area contributed by atoms with Gasteiger partial charge in [0.2, 0.25) is 0 Å². The van der Waals surface area contributed by atoms with Crippen molar-refractivity contribution >= 4 is 11.5 Å². The Morgan fingerprint density at radius 1 is 1.40 bits per heavy atom. The molecule has 1 heterocycles. The molecule has 5 nitrogen and oxygen atoms in total. The summed E-state index contributed by atoms with van der Waals surface area (Å²) in [6, 6.07) is 2.42. The van der Waals surface area contributed by atoms with Gasteiger partial charge in [-0.25, -0.2) is 4.68 Å². The normalized spacial score (nSPS) is 10.7. The summed E-state index contributed by atoms with van der Waals surface area (Å²) in [7, 11) is 0. The fourth-order valence-corrected chi connectivity index (χ4v) is 1.35. The zero-order valence-electron chi connectivity index (χ0n) is 9.57. The van der Waals surface area contributed by atoms with Crippen molar-refractivity contribution in [2.45, 2.75) is 39.8 Å². The van der Waals surface area contributed by atoms with Crippen LogP contribution in [-0.2, 0) is 0 Å². The summed E-state index contributed by atoms with van der Waals surface area (Å²) < 4.78 is 1.66. The van der Waals surface area contributed by atoms with E-state index in [1.165, 1.54) is 0 Å². The number of nitriles is 1. The van der Waals surface area contributed by atoms with Gasteiger partial charge in [-0.15, -0.1) is 0 Å². The van der Waals surface area contributed by atoms with E-state index < -0.39 is 0 Å². The monoisotopic (exact) mass is 207 g/mol. The average Bonchev–Trinajstić information content (AvgIpc) is 2.43. The van der Waals surface area contributed by atoms with Crippen molar-refractivity contribution in [3.63, 3.8) is 0 Å². The summed E-state index contributed by atoms with van der Waals surface area (Å²) in [4.78, 5) is 0. The van der Waals surface area contributed by atoms with Crippen LogP contribution in [-0.4, -0.2) is 15.8 Å². The average molecular weight is 207 g/mol. The fourth-order valence-electron chi connectivity index (χ4n) is 1.35. The number of nitrogens with one attached hydrogen (secondary N) is 1. The fraction of sp³-hybridized carbons (Fsp3) is 0.600. The van der Waals surface area contributed by atoms with Gasteiger partial charge in [0, 0.05) is 12.1 Å².